The van der Waals surface area contributed by atoms with E-state index in [0.29, 0.717) is 41.6 Å². The van der Waals surface area contributed by atoms with E-state index in [1.54, 1.807) is 49.6 Å². The predicted octanol–water partition coefficient (Wildman–Crippen LogP) is 2.70. The Hall–Kier alpha value is -2.49. The third kappa shape index (κ3) is 2.20. The van der Waals surface area contributed by atoms with Crippen molar-refractivity contribution in [1.82, 2.24) is 0 Å². The summed E-state index contributed by atoms with van der Waals surface area (Å²) in [5.74, 6) is 1.68. The van der Waals surface area contributed by atoms with Crippen LogP contribution in [0.3, 0.4) is 0 Å². The maximum atomic E-state index is 12.6. The van der Waals surface area contributed by atoms with Crippen LogP contribution in [0.4, 0.5) is 0 Å². The van der Waals surface area contributed by atoms with Crippen molar-refractivity contribution in [2.45, 2.75) is 0 Å². The van der Waals surface area contributed by atoms with E-state index in [2.05, 4.69) is 0 Å². The summed E-state index contributed by atoms with van der Waals surface area (Å²) in [7, 11) is 1.57. The van der Waals surface area contributed by atoms with Gasteiger partial charge in [0.15, 0.2) is 17.3 Å². The van der Waals surface area contributed by atoms with Crippen LogP contribution < -0.4 is 14.2 Å². The molecule has 102 valence electrons. The molecular formula is C16H14O4. The summed E-state index contributed by atoms with van der Waals surface area (Å²) in [6.07, 6.45) is 0. The Morgan fingerprint density at radius 1 is 1.10 bits per heavy atom. The van der Waals surface area contributed by atoms with E-state index < -0.39 is 0 Å². The molecule has 20 heavy (non-hydrogen) atoms. The van der Waals surface area contributed by atoms with E-state index in [4.69, 9.17) is 14.2 Å². The van der Waals surface area contributed by atoms with Crippen LogP contribution in [-0.4, -0.2) is 26.1 Å². The number of ketones is 1. The molecule has 0 aliphatic carbocycles. The van der Waals surface area contributed by atoms with Crippen molar-refractivity contribution >= 4 is 5.78 Å². The van der Waals surface area contributed by atoms with Gasteiger partial charge in [0.1, 0.15) is 19.0 Å². The normalized spacial score (nSPS) is 12.8. The lowest BCUT2D eigenvalue weighted by atomic mass is 10.0. The average Bonchev–Trinajstić information content (AvgIpc) is 2.53. The van der Waals surface area contributed by atoms with Crippen LogP contribution in [-0.2, 0) is 0 Å². The van der Waals surface area contributed by atoms with Crippen LogP contribution in [0.25, 0.3) is 0 Å². The summed E-state index contributed by atoms with van der Waals surface area (Å²) >= 11 is 0. The van der Waals surface area contributed by atoms with E-state index in [1.807, 2.05) is 0 Å². The van der Waals surface area contributed by atoms with Gasteiger partial charge in [0.2, 0.25) is 0 Å². The number of rotatable bonds is 3. The van der Waals surface area contributed by atoms with Gasteiger partial charge in [0, 0.05) is 5.56 Å². The summed E-state index contributed by atoms with van der Waals surface area (Å²) < 4.78 is 16.2. The first-order valence-corrected chi connectivity index (χ1v) is 6.37. The number of hydrogen-bond acceptors (Lipinski definition) is 4. The highest BCUT2D eigenvalue weighted by Gasteiger charge is 2.21. The van der Waals surface area contributed by atoms with Gasteiger partial charge in [-0.05, 0) is 24.3 Å². The maximum absolute atomic E-state index is 12.6. The molecule has 0 amide bonds. The first-order chi connectivity index (χ1) is 9.79. The topological polar surface area (TPSA) is 44.8 Å². The first-order valence-electron chi connectivity index (χ1n) is 6.37. The Kier molecular flexibility index (Phi) is 3.29. The van der Waals surface area contributed by atoms with Gasteiger partial charge < -0.3 is 14.2 Å². The number of carbonyl (C=O) groups excluding carboxylic acids is 1. The molecule has 0 spiro atoms. The lowest BCUT2D eigenvalue weighted by Gasteiger charge is -2.20. The molecule has 4 nitrogen and oxygen atoms in total. The number of methoxy groups -OCH3 is 1. The molecule has 0 saturated heterocycles. The number of carbonyl (C=O) groups is 1. The molecule has 0 unspecified atom stereocenters. The quantitative estimate of drug-likeness (QED) is 0.804. The van der Waals surface area contributed by atoms with Crippen molar-refractivity contribution in [1.29, 1.82) is 0 Å². The van der Waals surface area contributed by atoms with Crippen LogP contribution >= 0.6 is 0 Å². The van der Waals surface area contributed by atoms with Gasteiger partial charge in [-0.1, -0.05) is 18.2 Å². The van der Waals surface area contributed by atoms with Gasteiger partial charge in [0.05, 0.1) is 12.7 Å². The van der Waals surface area contributed by atoms with Crippen LogP contribution in [0.2, 0.25) is 0 Å². The zero-order chi connectivity index (χ0) is 13.9. The summed E-state index contributed by atoms with van der Waals surface area (Å²) in [4.78, 5) is 12.6. The molecule has 1 aliphatic heterocycles. The van der Waals surface area contributed by atoms with Crippen LogP contribution in [0.15, 0.2) is 42.5 Å². The summed E-state index contributed by atoms with van der Waals surface area (Å²) in [5.41, 5.74) is 1.07. The van der Waals surface area contributed by atoms with Crippen molar-refractivity contribution < 1.29 is 19.0 Å². The summed E-state index contributed by atoms with van der Waals surface area (Å²) in [6.45, 7) is 0.958. The maximum Gasteiger partial charge on any atom is 0.197 e. The molecule has 0 fully saturated rings. The number of hydrogen-bond donors (Lipinski definition) is 0. The van der Waals surface area contributed by atoms with Crippen LogP contribution in [0.1, 0.15) is 15.9 Å². The summed E-state index contributed by atoms with van der Waals surface area (Å²) in [6, 6.07) is 12.4. The van der Waals surface area contributed by atoms with Crippen molar-refractivity contribution in [2.24, 2.45) is 0 Å². The van der Waals surface area contributed by atoms with Crippen molar-refractivity contribution in [3.63, 3.8) is 0 Å². The number of benzene rings is 2. The Balaban J connectivity index is 2.02. The number of ether oxygens (including phenoxy) is 3. The number of para-hydroxylation sites is 1. The SMILES string of the molecule is COc1cccc(C(=O)c2cccc3c2OCCO3)c1. The van der Waals surface area contributed by atoms with Gasteiger partial charge in [-0.15, -0.1) is 0 Å². The highest BCUT2D eigenvalue weighted by atomic mass is 16.6. The summed E-state index contributed by atoms with van der Waals surface area (Å²) in [5, 5.41) is 0. The molecule has 1 heterocycles. The molecule has 0 N–H and O–H groups in total. The fourth-order valence-electron chi connectivity index (χ4n) is 2.17. The monoisotopic (exact) mass is 270 g/mol. The van der Waals surface area contributed by atoms with E-state index in [1.165, 1.54) is 0 Å². The number of fused-ring (bicyclic) bond motifs is 1. The molecule has 0 atom stereocenters. The largest absolute Gasteiger partial charge is 0.497 e. The zero-order valence-electron chi connectivity index (χ0n) is 11.1. The van der Waals surface area contributed by atoms with E-state index >= 15 is 0 Å². The van der Waals surface area contributed by atoms with Gasteiger partial charge in [0.25, 0.3) is 0 Å². The molecule has 0 radical (unpaired) electrons. The Labute approximate surface area is 116 Å². The highest BCUT2D eigenvalue weighted by Crippen LogP contribution is 2.35. The van der Waals surface area contributed by atoms with Gasteiger partial charge in [-0.3, -0.25) is 4.79 Å². The molecule has 4 heteroatoms. The Bertz CT molecular complexity index is 649. The Morgan fingerprint density at radius 2 is 1.90 bits per heavy atom. The standard InChI is InChI=1S/C16H14O4/c1-18-12-5-2-4-11(10-12)15(17)13-6-3-7-14-16(13)20-9-8-19-14/h2-7,10H,8-9H2,1H3. The second-order valence-corrected chi connectivity index (χ2v) is 4.39. The molecule has 0 aromatic heterocycles. The second kappa shape index (κ2) is 5.25. The Morgan fingerprint density at radius 3 is 2.75 bits per heavy atom. The molecule has 0 saturated carbocycles. The van der Waals surface area contributed by atoms with Gasteiger partial charge in [-0.25, -0.2) is 0 Å². The minimum atomic E-state index is -0.105. The smallest absolute Gasteiger partial charge is 0.197 e. The third-order valence-electron chi connectivity index (χ3n) is 3.14. The minimum Gasteiger partial charge on any atom is -0.497 e. The van der Waals surface area contributed by atoms with Crippen LogP contribution in [0.5, 0.6) is 17.2 Å². The molecule has 1 aliphatic rings. The minimum absolute atomic E-state index is 0.105. The second-order valence-electron chi connectivity index (χ2n) is 4.39. The predicted molar refractivity (Wildman–Crippen MR) is 73.9 cm³/mol. The van der Waals surface area contributed by atoms with E-state index in [0.717, 1.165) is 0 Å². The fourth-order valence-corrected chi connectivity index (χ4v) is 2.17. The molecule has 2 aromatic carbocycles. The highest BCUT2D eigenvalue weighted by molar-refractivity contribution is 6.11. The van der Waals surface area contributed by atoms with Gasteiger partial charge >= 0.3 is 0 Å². The third-order valence-corrected chi connectivity index (χ3v) is 3.14. The first kappa shape index (κ1) is 12.5. The zero-order valence-corrected chi connectivity index (χ0v) is 11.1. The van der Waals surface area contributed by atoms with Crippen molar-refractivity contribution in [3.05, 3.63) is 53.6 Å². The van der Waals surface area contributed by atoms with Gasteiger partial charge in [-0.2, -0.15) is 0 Å². The molecule has 3 rings (SSSR count). The fraction of sp³-hybridized carbons (Fsp3) is 0.188. The molecule has 0 bridgehead atoms. The lowest BCUT2D eigenvalue weighted by Crippen LogP contribution is -2.18. The van der Waals surface area contributed by atoms with Crippen molar-refractivity contribution in [2.75, 3.05) is 20.3 Å². The van der Waals surface area contributed by atoms with Crippen molar-refractivity contribution in [3.8, 4) is 17.2 Å². The average molecular weight is 270 g/mol. The molecule has 2 aromatic rings. The lowest BCUT2D eigenvalue weighted by molar-refractivity contribution is 0.102. The molecular weight excluding hydrogens is 256 g/mol. The van der Waals surface area contributed by atoms with E-state index in [-0.39, 0.29) is 5.78 Å². The van der Waals surface area contributed by atoms with Crippen LogP contribution in [0, 0.1) is 0 Å². The van der Waals surface area contributed by atoms with E-state index in [9.17, 15) is 4.79 Å².